The molecule has 1 aromatic heterocycles. The third-order valence-electron chi connectivity index (χ3n) is 3.61. The predicted octanol–water partition coefficient (Wildman–Crippen LogP) is 1.66. The molecule has 0 unspecified atom stereocenters. The van der Waals surface area contributed by atoms with E-state index in [1.807, 2.05) is 33.0 Å². The number of hydrogen-bond acceptors (Lipinski definition) is 4. The Morgan fingerprint density at radius 1 is 1.32 bits per heavy atom. The van der Waals surface area contributed by atoms with Crippen LogP contribution in [0.4, 0.5) is 4.79 Å². The van der Waals surface area contributed by atoms with E-state index in [9.17, 15) is 4.79 Å². The first-order valence-electron chi connectivity index (χ1n) is 7.97. The van der Waals surface area contributed by atoms with E-state index in [0.29, 0.717) is 0 Å². The number of H-pyrrole nitrogens is 1. The van der Waals surface area contributed by atoms with E-state index in [0.717, 1.165) is 45.8 Å². The highest BCUT2D eigenvalue weighted by Gasteiger charge is 2.25. The number of rotatable bonds is 5. The summed E-state index contributed by atoms with van der Waals surface area (Å²) in [6.07, 6.45) is 1.74. The van der Waals surface area contributed by atoms with Crippen LogP contribution >= 0.6 is 0 Å². The average Bonchev–Trinajstić information content (AvgIpc) is 2.95. The van der Waals surface area contributed by atoms with E-state index < -0.39 is 5.60 Å². The van der Waals surface area contributed by atoms with E-state index in [-0.39, 0.29) is 6.09 Å². The lowest BCUT2D eigenvalue weighted by atomic mass is 10.2. The van der Waals surface area contributed by atoms with E-state index in [4.69, 9.17) is 4.74 Å². The SMILES string of the molecule is CC(C)(C)OC(=O)N1CCN(CCNCc2ccc[nH]2)CC1. The highest BCUT2D eigenvalue weighted by molar-refractivity contribution is 5.68. The van der Waals surface area contributed by atoms with Gasteiger partial charge in [-0.25, -0.2) is 4.79 Å². The van der Waals surface area contributed by atoms with Gasteiger partial charge in [0.1, 0.15) is 5.60 Å². The molecule has 2 N–H and O–H groups in total. The van der Waals surface area contributed by atoms with E-state index >= 15 is 0 Å². The Labute approximate surface area is 132 Å². The van der Waals surface area contributed by atoms with Gasteiger partial charge in [0, 0.05) is 57.7 Å². The first-order valence-corrected chi connectivity index (χ1v) is 7.97. The maximum atomic E-state index is 12.0. The summed E-state index contributed by atoms with van der Waals surface area (Å²) < 4.78 is 5.40. The molecule has 1 aliphatic heterocycles. The third-order valence-corrected chi connectivity index (χ3v) is 3.61. The quantitative estimate of drug-likeness (QED) is 0.812. The lowest BCUT2D eigenvalue weighted by Crippen LogP contribution is -2.51. The summed E-state index contributed by atoms with van der Waals surface area (Å²) in [5.74, 6) is 0. The molecule has 2 heterocycles. The molecule has 0 bridgehead atoms. The maximum absolute atomic E-state index is 12.0. The number of nitrogens with zero attached hydrogens (tertiary/aromatic N) is 2. The number of amides is 1. The summed E-state index contributed by atoms with van der Waals surface area (Å²) in [5.41, 5.74) is 0.783. The zero-order chi connectivity index (χ0) is 16.0. The van der Waals surface area contributed by atoms with Crippen molar-refractivity contribution < 1.29 is 9.53 Å². The largest absolute Gasteiger partial charge is 0.444 e. The highest BCUT2D eigenvalue weighted by atomic mass is 16.6. The van der Waals surface area contributed by atoms with E-state index in [2.05, 4.69) is 21.3 Å². The number of hydrogen-bond donors (Lipinski definition) is 2. The fourth-order valence-electron chi connectivity index (χ4n) is 2.42. The molecule has 124 valence electrons. The lowest BCUT2D eigenvalue weighted by Gasteiger charge is -2.35. The molecule has 1 amide bonds. The Bertz CT molecular complexity index is 445. The van der Waals surface area contributed by atoms with Crippen LogP contribution < -0.4 is 5.32 Å². The van der Waals surface area contributed by atoms with E-state index in [1.54, 1.807) is 4.90 Å². The Morgan fingerprint density at radius 2 is 2.05 bits per heavy atom. The van der Waals surface area contributed by atoms with Crippen LogP contribution in [-0.4, -0.2) is 65.7 Å². The molecule has 0 spiro atoms. The number of carbonyl (C=O) groups excluding carboxylic acids is 1. The van der Waals surface area contributed by atoms with E-state index in [1.165, 1.54) is 5.69 Å². The molecule has 0 radical (unpaired) electrons. The molecule has 6 heteroatoms. The van der Waals surface area contributed by atoms with Crippen molar-refractivity contribution in [1.82, 2.24) is 20.1 Å². The summed E-state index contributed by atoms with van der Waals surface area (Å²) >= 11 is 0. The predicted molar refractivity (Wildman–Crippen MR) is 86.7 cm³/mol. The van der Waals surface area contributed by atoms with Crippen LogP contribution in [0.1, 0.15) is 26.5 Å². The van der Waals surface area contributed by atoms with Crippen molar-refractivity contribution in [2.75, 3.05) is 39.3 Å². The molecule has 22 heavy (non-hydrogen) atoms. The number of ether oxygens (including phenoxy) is 1. The Morgan fingerprint density at radius 3 is 2.64 bits per heavy atom. The molecule has 1 fully saturated rings. The molecule has 1 saturated heterocycles. The van der Waals surface area contributed by atoms with Gasteiger partial charge in [-0.1, -0.05) is 0 Å². The van der Waals surface area contributed by atoms with Gasteiger partial charge in [-0.15, -0.1) is 0 Å². The van der Waals surface area contributed by atoms with Crippen molar-refractivity contribution in [3.05, 3.63) is 24.0 Å². The maximum Gasteiger partial charge on any atom is 0.410 e. The molecule has 1 aliphatic rings. The lowest BCUT2D eigenvalue weighted by molar-refractivity contribution is 0.0146. The van der Waals surface area contributed by atoms with Crippen molar-refractivity contribution in [3.8, 4) is 0 Å². The Balaban J connectivity index is 1.59. The Kier molecular flexibility index (Phi) is 5.85. The zero-order valence-electron chi connectivity index (χ0n) is 13.9. The van der Waals surface area contributed by atoms with Gasteiger partial charge in [-0.2, -0.15) is 0 Å². The molecule has 0 atom stereocenters. The highest BCUT2D eigenvalue weighted by Crippen LogP contribution is 2.11. The molecular weight excluding hydrogens is 280 g/mol. The van der Waals surface area contributed by atoms with Gasteiger partial charge in [0.15, 0.2) is 0 Å². The fraction of sp³-hybridized carbons (Fsp3) is 0.688. The van der Waals surface area contributed by atoms with Crippen LogP contribution in [0.15, 0.2) is 18.3 Å². The van der Waals surface area contributed by atoms with Gasteiger partial charge < -0.3 is 19.9 Å². The van der Waals surface area contributed by atoms with Gasteiger partial charge in [-0.3, -0.25) is 4.90 Å². The van der Waals surface area contributed by atoms with Crippen molar-refractivity contribution in [2.45, 2.75) is 32.9 Å². The molecular formula is C16H28N4O2. The Hall–Kier alpha value is -1.53. The monoisotopic (exact) mass is 308 g/mol. The topological polar surface area (TPSA) is 60.6 Å². The first kappa shape index (κ1) is 16.8. The van der Waals surface area contributed by atoms with Crippen LogP contribution in [0.25, 0.3) is 0 Å². The number of piperazine rings is 1. The standard InChI is InChI=1S/C16H28N4O2/c1-16(2,3)22-15(21)20-11-9-19(10-12-20)8-7-17-13-14-5-4-6-18-14/h4-6,17-18H,7-13H2,1-3H3. The van der Waals surface area contributed by atoms with Crippen LogP contribution in [-0.2, 0) is 11.3 Å². The third kappa shape index (κ3) is 5.69. The zero-order valence-corrected chi connectivity index (χ0v) is 13.9. The van der Waals surface area contributed by atoms with Gasteiger partial charge in [0.2, 0.25) is 0 Å². The second-order valence-corrected chi connectivity index (χ2v) is 6.68. The average molecular weight is 308 g/mol. The number of nitrogens with one attached hydrogen (secondary N) is 2. The molecule has 0 aliphatic carbocycles. The second kappa shape index (κ2) is 7.65. The second-order valence-electron chi connectivity index (χ2n) is 6.68. The summed E-state index contributed by atoms with van der Waals surface area (Å²) in [6.45, 7) is 11.8. The normalized spacial score (nSPS) is 16.8. The summed E-state index contributed by atoms with van der Waals surface area (Å²) in [7, 11) is 0. The minimum absolute atomic E-state index is 0.197. The molecule has 0 saturated carbocycles. The first-order chi connectivity index (χ1) is 10.4. The van der Waals surface area contributed by atoms with Crippen LogP contribution in [0.2, 0.25) is 0 Å². The number of carbonyl (C=O) groups is 1. The van der Waals surface area contributed by atoms with Crippen LogP contribution in [0.3, 0.4) is 0 Å². The van der Waals surface area contributed by atoms with Crippen molar-refractivity contribution in [1.29, 1.82) is 0 Å². The summed E-state index contributed by atoms with van der Waals surface area (Å²) in [5, 5.41) is 3.42. The molecule has 0 aromatic carbocycles. The number of aromatic amines is 1. The van der Waals surface area contributed by atoms with Gasteiger partial charge >= 0.3 is 6.09 Å². The van der Waals surface area contributed by atoms with Gasteiger partial charge in [0.25, 0.3) is 0 Å². The summed E-state index contributed by atoms with van der Waals surface area (Å²) in [4.78, 5) is 19.3. The molecule has 2 rings (SSSR count). The van der Waals surface area contributed by atoms with Gasteiger partial charge in [0.05, 0.1) is 0 Å². The van der Waals surface area contributed by atoms with Crippen molar-refractivity contribution in [2.24, 2.45) is 0 Å². The minimum atomic E-state index is -0.421. The fourth-order valence-corrected chi connectivity index (χ4v) is 2.42. The van der Waals surface area contributed by atoms with Crippen LogP contribution in [0, 0.1) is 0 Å². The number of aromatic nitrogens is 1. The smallest absolute Gasteiger partial charge is 0.410 e. The van der Waals surface area contributed by atoms with Crippen molar-refractivity contribution >= 4 is 6.09 Å². The molecule has 6 nitrogen and oxygen atoms in total. The van der Waals surface area contributed by atoms with Crippen LogP contribution in [0.5, 0.6) is 0 Å². The minimum Gasteiger partial charge on any atom is -0.444 e. The molecule has 1 aromatic rings. The van der Waals surface area contributed by atoms with Crippen molar-refractivity contribution in [3.63, 3.8) is 0 Å². The summed E-state index contributed by atoms with van der Waals surface area (Å²) in [6, 6.07) is 4.08. The van der Waals surface area contributed by atoms with Gasteiger partial charge in [-0.05, 0) is 32.9 Å².